The van der Waals surface area contributed by atoms with Crippen LogP contribution >= 0.6 is 23.2 Å². The Morgan fingerprint density at radius 2 is 1.38 bits per heavy atom. The summed E-state index contributed by atoms with van der Waals surface area (Å²) in [5.41, 5.74) is 9.92. The number of fused-ring (bicyclic) bond motifs is 12. The predicted molar refractivity (Wildman–Crippen MR) is 162 cm³/mol. The summed E-state index contributed by atoms with van der Waals surface area (Å²) in [5, 5.41) is 15.0. The highest BCUT2D eigenvalue weighted by Gasteiger charge is 2.51. The fourth-order valence-corrected chi connectivity index (χ4v) is 7.54. The van der Waals surface area contributed by atoms with E-state index in [4.69, 9.17) is 23.2 Å². The smallest absolute Gasteiger partial charge is 0.0866 e. The van der Waals surface area contributed by atoms with Crippen LogP contribution in [0.1, 0.15) is 48.1 Å². The zero-order valence-electron chi connectivity index (χ0n) is 21.6. The molecule has 6 aromatic rings. The van der Waals surface area contributed by atoms with Gasteiger partial charge < -0.3 is 9.67 Å². The largest absolute Gasteiger partial charge is 0.385 e. The molecule has 5 aromatic carbocycles. The molecule has 0 saturated heterocycles. The molecule has 1 atom stereocenters. The zero-order chi connectivity index (χ0) is 26.7. The number of halogens is 2. The Morgan fingerprint density at radius 3 is 2.08 bits per heavy atom. The molecule has 0 amide bonds. The minimum absolute atomic E-state index is 0.598. The first-order valence-corrected chi connectivity index (χ1v) is 14.1. The summed E-state index contributed by atoms with van der Waals surface area (Å²) in [5.74, 6) is 0. The van der Waals surface area contributed by atoms with Gasteiger partial charge in [-0.1, -0.05) is 84.7 Å². The molecule has 0 radical (unpaired) electrons. The van der Waals surface area contributed by atoms with E-state index in [0.29, 0.717) is 16.5 Å². The lowest BCUT2D eigenvalue weighted by Gasteiger charge is -2.40. The number of hydrogen-bond acceptors (Lipinski definition) is 1. The van der Waals surface area contributed by atoms with Crippen LogP contribution in [0.2, 0.25) is 10.0 Å². The van der Waals surface area contributed by atoms with Gasteiger partial charge in [0.25, 0.3) is 0 Å². The third-order valence-corrected chi connectivity index (χ3v) is 9.55. The maximum Gasteiger partial charge on any atom is 0.0866 e. The van der Waals surface area contributed by atoms with Crippen molar-refractivity contribution in [3.8, 4) is 16.8 Å². The van der Waals surface area contributed by atoms with E-state index in [1.165, 1.54) is 22.3 Å². The zero-order valence-corrected chi connectivity index (χ0v) is 23.1. The number of hydrogen-bond donors (Lipinski definition) is 1. The van der Waals surface area contributed by atoms with Crippen molar-refractivity contribution < 1.29 is 5.11 Å². The van der Waals surface area contributed by atoms with Gasteiger partial charge in [0.05, 0.1) is 27.7 Å². The van der Waals surface area contributed by atoms with Gasteiger partial charge in [-0.15, -0.1) is 0 Å². The standard InChI is InChI=1S/C35H25Cl2NO/c1-3-34(2,39)20-12-14-32-29(16-20)35(27-10-6-4-8-23(27)24-9-5-7-11-28(24)35)30-19-22(37)18-26-25-17-21(36)13-15-31(25)38(32)33(26)30/h4-19,39H,3H2,1-2H3. The van der Waals surface area contributed by atoms with Gasteiger partial charge in [0.1, 0.15) is 0 Å². The van der Waals surface area contributed by atoms with E-state index in [2.05, 4.69) is 89.5 Å². The summed E-state index contributed by atoms with van der Waals surface area (Å²) in [7, 11) is 0. The molecule has 1 aliphatic carbocycles. The van der Waals surface area contributed by atoms with Gasteiger partial charge in [0.2, 0.25) is 0 Å². The molecule has 0 bridgehead atoms. The van der Waals surface area contributed by atoms with Gasteiger partial charge in [-0.3, -0.25) is 0 Å². The van der Waals surface area contributed by atoms with Crippen molar-refractivity contribution in [1.29, 1.82) is 0 Å². The highest BCUT2D eigenvalue weighted by Crippen LogP contribution is 2.61. The first-order chi connectivity index (χ1) is 18.9. The SMILES string of the molecule is CCC(C)(O)c1ccc2c(c1)C1(c3ccccc3-c3ccccc31)c1cc(Cl)cc3c4cc(Cl)ccc4n-2c13. The third kappa shape index (κ3) is 2.82. The molecule has 1 aliphatic heterocycles. The van der Waals surface area contributed by atoms with Gasteiger partial charge in [-0.05, 0) is 94.8 Å². The Hall–Kier alpha value is -3.56. The quantitative estimate of drug-likeness (QED) is 0.230. The van der Waals surface area contributed by atoms with Crippen LogP contribution in [-0.2, 0) is 11.0 Å². The molecule has 190 valence electrons. The van der Waals surface area contributed by atoms with E-state index in [9.17, 15) is 5.11 Å². The molecule has 1 unspecified atom stereocenters. The van der Waals surface area contributed by atoms with Crippen LogP contribution in [0, 0.1) is 0 Å². The highest BCUT2D eigenvalue weighted by atomic mass is 35.5. The molecular weight excluding hydrogens is 521 g/mol. The number of aromatic nitrogens is 1. The number of rotatable bonds is 2. The van der Waals surface area contributed by atoms with Crippen molar-refractivity contribution in [2.45, 2.75) is 31.3 Å². The van der Waals surface area contributed by atoms with Crippen molar-refractivity contribution >= 4 is 45.0 Å². The lowest BCUT2D eigenvalue weighted by molar-refractivity contribution is 0.0530. The fourth-order valence-electron chi connectivity index (χ4n) is 7.15. The molecule has 1 N–H and O–H groups in total. The van der Waals surface area contributed by atoms with Gasteiger partial charge in [-0.2, -0.15) is 0 Å². The molecule has 2 aliphatic rings. The van der Waals surface area contributed by atoms with Crippen molar-refractivity contribution in [3.63, 3.8) is 0 Å². The maximum atomic E-state index is 11.4. The first kappa shape index (κ1) is 23.3. The minimum Gasteiger partial charge on any atom is -0.385 e. The Kier molecular flexibility index (Phi) is 4.64. The van der Waals surface area contributed by atoms with Gasteiger partial charge in [0, 0.05) is 20.8 Å². The average molecular weight is 546 g/mol. The second-order valence-electron chi connectivity index (χ2n) is 11.0. The molecule has 39 heavy (non-hydrogen) atoms. The topological polar surface area (TPSA) is 25.2 Å². The van der Waals surface area contributed by atoms with E-state index in [0.717, 1.165) is 44.2 Å². The molecule has 8 rings (SSSR count). The molecule has 1 aromatic heterocycles. The van der Waals surface area contributed by atoms with E-state index in [1.54, 1.807) is 0 Å². The number of nitrogens with zero attached hydrogens (tertiary/aromatic N) is 1. The lowest BCUT2D eigenvalue weighted by Crippen LogP contribution is -2.34. The van der Waals surface area contributed by atoms with Crippen LogP contribution < -0.4 is 0 Å². The molecule has 1 spiro atoms. The van der Waals surface area contributed by atoms with Crippen LogP contribution in [0.4, 0.5) is 0 Å². The Morgan fingerprint density at radius 1 is 0.718 bits per heavy atom. The summed E-state index contributed by atoms with van der Waals surface area (Å²) < 4.78 is 2.36. The van der Waals surface area contributed by atoms with Crippen molar-refractivity contribution in [2.24, 2.45) is 0 Å². The molecule has 0 fully saturated rings. The minimum atomic E-state index is -0.954. The van der Waals surface area contributed by atoms with E-state index in [-0.39, 0.29) is 0 Å². The predicted octanol–water partition coefficient (Wildman–Crippen LogP) is 9.38. The Labute approximate surface area is 237 Å². The Bertz CT molecular complexity index is 1970. The van der Waals surface area contributed by atoms with Crippen molar-refractivity contribution in [3.05, 3.63) is 135 Å². The summed E-state index contributed by atoms with van der Waals surface area (Å²) in [4.78, 5) is 0. The van der Waals surface area contributed by atoms with Crippen LogP contribution in [0.25, 0.3) is 38.6 Å². The summed E-state index contributed by atoms with van der Waals surface area (Å²) >= 11 is 13.5. The van der Waals surface area contributed by atoms with E-state index in [1.807, 2.05) is 26.0 Å². The van der Waals surface area contributed by atoms with Crippen molar-refractivity contribution in [2.75, 3.05) is 0 Å². The average Bonchev–Trinajstić information content (AvgIpc) is 3.42. The van der Waals surface area contributed by atoms with Gasteiger partial charge in [-0.25, -0.2) is 0 Å². The molecule has 4 heteroatoms. The molecule has 2 nitrogen and oxygen atoms in total. The van der Waals surface area contributed by atoms with E-state index < -0.39 is 11.0 Å². The normalized spacial score (nSPS) is 15.8. The van der Waals surface area contributed by atoms with Crippen LogP contribution in [0.5, 0.6) is 0 Å². The van der Waals surface area contributed by atoms with Crippen LogP contribution in [0.3, 0.4) is 0 Å². The van der Waals surface area contributed by atoms with Gasteiger partial charge >= 0.3 is 0 Å². The third-order valence-electron chi connectivity index (χ3n) is 9.10. The Balaban J connectivity index is 1.67. The summed E-state index contributed by atoms with van der Waals surface area (Å²) in [6.07, 6.45) is 0.615. The number of benzene rings is 5. The fraction of sp³-hybridized carbons (Fsp3) is 0.143. The van der Waals surface area contributed by atoms with E-state index >= 15 is 0 Å². The van der Waals surface area contributed by atoms with Crippen LogP contribution in [0.15, 0.2) is 97.1 Å². The van der Waals surface area contributed by atoms with Crippen LogP contribution in [-0.4, -0.2) is 9.67 Å². The first-order valence-electron chi connectivity index (χ1n) is 13.4. The molecular formula is C35H25Cl2NO. The number of aliphatic hydroxyl groups is 1. The summed E-state index contributed by atoms with van der Waals surface area (Å²) in [6.45, 7) is 3.92. The molecule has 0 saturated carbocycles. The highest BCUT2D eigenvalue weighted by molar-refractivity contribution is 6.33. The lowest BCUT2D eigenvalue weighted by atomic mass is 9.65. The molecule has 2 heterocycles. The van der Waals surface area contributed by atoms with Crippen molar-refractivity contribution in [1.82, 2.24) is 4.57 Å². The maximum absolute atomic E-state index is 11.4. The second kappa shape index (κ2) is 7.76. The second-order valence-corrected chi connectivity index (χ2v) is 11.9. The summed E-state index contributed by atoms with van der Waals surface area (Å²) in [6, 6.07) is 34.2. The monoisotopic (exact) mass is 545 g/mol. The van der Waals surface area contributed by atoms with Gasteiger partial charge in [0.15, 0.2) is 0 Å².